The van der Waals surface area contributed by atoms with Gasteiger partial charge in [0.1, 0.15) is 0 Å². The third kappa shape index (κ3) is 7.04. The van der Waals surface area contributed by atoms with Gasteiger partial charge in [0.2, 0.25) is 0 Å². The Morgan fingerprint density at radius 1 is 0.514 bits per heavy atom. The van der Waals surface area contributed by atoms with Crippen molar-refractivity contribution in [3.05, 3.63) is 147 Å². The Morgan fingerprint density at radius 2 is 1.07 bits per heavy atom. The second-order valence-corrected chi connectivity index (χ2v) is 32.9. The molecule has 1 saturated carbocycles. The maximum atomic E-state index is 2.78. The first kappa shape index (κ1) is 49.3. The Bertz CT molecular complexity index is 3570. The van der Waals surface area contributed by atoms with Gasteiger partial charge >= 0.3 is 0 Å². The van der Waals surface area contributed by atoms with E-state index in [-0.39, 0.29) is 48.0 Å². The molecule has 1 fully saturated rings. The summed E-state index contributed by atoms with van der Waals surface area (Å²) in [7, 11) is 0. The second-order valence-electron chi connectivity index (χ2n) is 29.1. The van der Waals surface area contributed by atoms with Crippen LogP contribution in [0.25, 0.3) is 21.2 Å². The Labute approximate surface area is 462 Å². The molecule has 2 atom stereocenters. The van der Waals surface area contributed by atoms with E-state index in [0.29, 0.717) is 0 Å². The predicted molar refractivity (Wildman–Crippen MR) is 331 cm³/mol. The van der Waals surface area contributed by atoms with Gasteiger partial charge in [-0.15, -0.1) is 11.3 Å². The second kappa shape index (κ2) is 15.5. The minimum Gasteiger partial charge on any atom is -0.311 e. The first-order chi connectivity index (χ1) is 34.5. The maximum Gasteiger partial charge on any atom is 0.264 e. The van der Waals surface area contributed by atoms with Crippen molar-refractivity contribution in [2.75, 3.05) is 9.80 Å². The van der Waals surface area contributed by atoms with Gasteiger partial charge in [-0.05, 0) is 225 Å². The molecule has 13 rings (SSSR count). The summed E-state index contributed by atoms with van der Waals surface area (Å²) < 4.78 is 2.89. The van der Waals surface area contributed by atoms with E-state index in [1.54, 1.807) is 11.1 Å². The molecule has 0 amide bonds. The topological polar surface area (TPSA) is 6.48 Å². The van der Waals surface area contributed by atoms with Crippen molar-refractivity contribution in [3.8, 4) is 11.1 Å². The Hall–Kier alpha value is -4.33. The number of anilines is 6. The number of benzene rings is 6. The molecule has 0 radical (unpaired) electrons. The fraction of sp³-hybridized carbons (Fsp3) is 0.449. The molecule has 380 valence electrons. The lowest BCUT2D eigenvalue weighted by atomic mass is 9.35. The van der Waals surface area contributed by atoms with Crippen LogP contribution in [0.4, 0.5) is 34.1 Å². The van der Waals surface area contributed by atoms with Crippen molar-refractivity contribution >= 4 is 101 Å². The van der Waals surface area contributed by atoms with Gasteiger partial charge < -0.3 is 9.80 Å². The van der Waals surface area contributed by atoms with Crippen LogP contribution in [0.1, 0.15) is 199 Å². The van der Waals surface area contributed by atoms with Gasteiger partial charge in [-0.3, -0.25) is 0 Å². The van der Waals surface area contributed by atoms with Gasteiger partial charge in [0.25, 0.3) is 6.71 Å². The summed E-state index contributed by atoms with van der Waals surface area (Å²) in [5.41, 5.74) is 27.5. The minimum absolute atomic E-state index is 0.0391. The third-order valence-corrected chi connectivity index (χ3v) is 22.1. The number of hydrogen-bond donors (Lipinski definition) is 0. The molecular formula is C69H78BIN2S. The highest BCUT2D eigenvalue weighted by molar-refractivity contribution is 14.1. The van der Waals surface area contributed by atoms with Gasteiger partial charge in [0.15, 0.2) is 0 Å². The van der Waals surface area contributed by atoms with Gasteiger partial charge in [0.05, 0.1) is 11.4 Å². The summed E-state index contributed by atoms with van der Waals surface area (Å²) in [6, 6.07) is 40.6. The molecule has 5 heteroatoms. The van der Waals surface area contributed by atoms with Crippen LogP contribution in [0.2, 0.25) is 0 Å². The van der Waals surface area contributed by atoms with E-state index in [0.717, 1.165) is 0 Å². The van der Waals surface area contributed by atoms with Crippen molar-refractivity contribution in [2.45, 2.75) is 197 Å². The standard InChI is InChI=1S/C69H78BIN2S/c1-40-31-56-59-57(32-40)73(54-24-21-43(67(13,14)71)33-45(54)41-17-19-42(20-18-41)62(2,3)4)55-37-50-49(65(9,10)27-28-66(50,11)12)36-53(55)70(59)61-60(46-35-51-52(38-58(46)74-61)69(16)30-29-68(51,15)39-69)72(56)44-22-23-47-48(34-44)64(7,8)26-25-63(47,5)6/h17-24,31-38H,25-30,39H2,1-16H3. The Morgan fingerprint density at radius 3 is 1.68 bits per heavy atom. The van der Waals surface area contributed by atoms with Crippen molar-refractivity contribution in [2.24, 2.45) is 0 Å². The van der Waals surface area contributed by atoms with E-state index < -0.39 is 0 Å². The number of hydrogen-bond acceptors (Lipinski definition) is 3. The summed E-state index contributed by atoms with van der Waals surface area (Å²) in [5.74, 6) is 0. The van der Waals surface area contributed by atoms with Crippen LogP contribution < -0.4 is 25.5 Å². The summed E-state index contributed by atoms with van der Waals surface area (Å²) >= 11 is 4.75. The smallest absolute Gasteiger partial charge is 0.264 e. The Kier molecular flexibility index (Phi) is 10.3. The molecule has 1 aromatic heterocycles. The van der Waals surface area contributed by atoms with Gasteiger partial charge in [-0.2, -0.15) is 0 Å². The molecular weight excluding hydrogens is 1030 g/mol. The van der Waals surface area contributed by atoms with E-state index in [1.165, 1.54) is 155 Å². The number of rotatable bonds is 4. The van der Waals surface area contributed by atoms with Crippen LogP contribution in [0.3, 0.4) is 0 Å². The molecule has 0 saturated heterocycles. The minimum atomic E-state index is -0.0518. The number of nitrogens with zero attached hydrogens (tertiary/aromatic N) is 2. The van der Waals surface area contributed by atoms with Crippen LogP contribution in [-0.2, 0) is 41.3 Å². The van der Waals surface area contributed by atoms with Crippen molar-refractivity contribution in [3.63, 3.8) is 0 Å². The number of alkyl halides is 1. The fourth-order valence-corrected chi connectivity index (χ4v) is 17.2. The van der Waals surface area contributed by atoms with Crippen LogP contribution in [0, 0.1) is 6.92 Å². The SMILES string of the molecule is Cc1cc2c3c(c1)N(c1ccc4c(c1)C(C)(C)CCC4(C)C)c1c(sc4cc5c(cc14)C1(C)CCC5(C)C1)B3c1cc3c(cc1N2c1ccc(C(C)(C)I)cc1-c1ccc(C(C)(C)C)cc1)C(C)(C)CCC3(C)C. The zero-order valence-electron chi connectivity index (χ0n) is 47.4. The normalized spacial score (nSPS) is 23.3. The number of halogens is 1. The van der Waals surface area contributed by atoms with Crippen LogP contribution in [0.15, 0.2) is 97.1 Å². The van der Waals surface area contributed by atoms with Crippen LogP contribution in [-0.4, -0.2) is 6.71 Å². The molecule has 2 unspecified atom stereocenters. The van der Waals surface area contributed by atoms with E-state index in [4.69, 9.17) is 0 Å². The molecule has 4 aliphatic carbocycles. The zero-order chi connectivity index (χ0) is 52.4. The summed E-state index contributed by atoms with van der Waals surface area (Å²) in [6.45, 7) is 39.2. The summed E-state index contributed by atoms with van der Waals surface area (Å²) in [4.78, 5) is 5.52. The van der Waals surface area contributed by atoms with E-state index in [9.17, 15) is 0 Å². The molecule has 0 spiro atoms. The lowest BCUT2D eigenvalue weighted by Gasteiger charge is -2.47. The maximum absolute atomic E-state index is 2.78. The first-order valence-corrected chi connectivity index (χ1v) is 30.0. The molecule has 0 N–H and O–H groups in total. The van der Waals surface area contributed by atoms with Gasteiger partial charge in [-0.1, -0.05) is 155 Å². The fourth-order valence-electron chi connectivity index (χ4n) is 15.5. The number of thiophene rings is 1. The summed E-state index contributed by atoms with van der Waals surface area (Å²) in [5, 5.41) is 1.44. The first-order valence-electron chi connectivity index (χ1n) is 28.1. The highest BCUT2D eigenvalue weighted by Crippen LogP contribution is 2.63. The van der Waals surface area contributed by atoms with Crippen LogP contribution in [0.5, 0.6) is 0 Å². The van der Waals surface area contributed by atoms with Crippen molar-refractivity contribution in [1.82, 2.24) is 0 Å². The van der Waals surface area contributed by atoms with Crippen molar-refractivity contribution in [1.29, 1.82) is 0 Å². The lowest BCUT2D eigenvalue weighted by Crippen LogP contribution is -2.61. The van der Waals surface area contributed by atoms with Crippen LogP contribution >= 0.6 is 33.9 Å². The molecule has 3 heterocycles. The number of aryl methyl sites for hydroxylation is 1. The predicted octanol–water partition coefficient (Wildman–Crippen LogP) is 18.3. The van der Waals surface area contributed by atoms with Gasteiger partial charge in [0, 0.05) is 46.6 Å². The van der Waals surface area contributed by atoms with Gasteiger partial charge in [-0.25, -0.2) is 0 Å². The summed E-state index contributed by atoms with van der Waals surface area (Å²) in [6.07, 6.45) is 8.58. The van der Waals surface area contributed by atoms with Crippen molar-refractivity contribution < 1.29 is 0 Å². The molecule has 2 nitrogen and oxygen atoms in total. The lowest BCUT2D eigenvalue weighted by molar-refractivity contribution is 0.332. The average Bonchev–Trinajstić information content (AvgIpc) is 3.94. The molecule has 2 aliphatic heterocycles. The molecule has 2 bridgehead atoms. The molecule has 7 aromatic rings. The molecule has 74 heavy (non-hydrogen) atoms. The molecule has 6 aromatic carbocycles. The quantitative estimate of drug-likeness (QED) is 0.0984. The highest BCUT2D eigenvalue weighted by Gasteiger charge is 2.54. The number of fused-ring (bicyclic) bond motifs is 13. The largest absolute Gasteiger partial charge is 0.311 e. The molecule has 6 aliphatic rings. The van der Waals surface area contributed by atoms with E-state index >= 15 is 0 Å². The highest BCUT2D eigenvalue weighted by atomic mass is 127. The third-order valence-electron chi connectivity index (χ3n) is 20.3. The monoisotopic (exact) mass is 1100 g/mol. The zero-order valence-corrected chi connectivity index (χ0v) is 50.4. The van der Waals surface area contributed by atoms with E-state index in [1.807, 2.05) is 0 Å². The average molecular weight is 1110 g/mol. The van der Waals surface area contributed by atoms with E-state index in [2.05, 4.69) is 252 Å². The Balaban J connectivity index is 1.16.